The number of Topliss-reactive ketones (excluding diaryl/α,β-unsaturated/α-hetero) is 1. The van der Waals surface area contributed by atoms with Crippen LogP contribution in [0.2, 0.25) is 0 Å². The summed E-state index contributed by atoms with van der Waals surface area (Å²) in [6.07, 6.45) is 3.03. The van der Waals surface area contributed by atoms with Crippen LogP contribution in [-0.2, 0) is 9.59 Å². The summed E-state index contributed by atoms with van der Waals surface area (Å²) in [5.74, 6) is 0.593. The first-order chi connectivity index (χ1) is 15.0. The van der Waals surface area contributed by atoms with Gasteiger partial charge < -0.3 is 26.3 Å². The number of ketones is 1. The molecule has 0 radical (unpaired) electrons. The van der Waals surface area contributed by atoms with E-state index in [4.69, 9.17) is 20.9 Å². The topological polar surface area (TPSA) is 129 Å². The number of nitrogens with zero attached hydrogens (tertiary/aromatic N) is 1. The van der Waals surface area contributed by atoms with Gasteiger partial charge in [0.05, 0.1) is 25.5 Å². The zero-order chi connectivity index (χ0) is 22.8. The minimum atomic E-state index is -0.884. The molecule has 2 aromatic carbocycles. The Hall–Kier alpha value is -4.07. The molecule has 31 heavy (non-hydrogen) atoms. The lowest BCUT2D eigenvalue weighted by Crippen LogP contribution is -2.28. The number of aliphatic imine (C=N–C) groups is 1. The van der Waals surface area contributed by atoms with E-state index in [1.165, 1.54) is 33.7 Å². The predicted octanol–water partition coefficient (Wildman–Crippen LogP) is 2.38. The van der Waals surface area contributed by atoms with Crippen molar-refractivity contribution < 1.29 is 19.1 Å². The molecule has 2 rings (SSSR count). The minimum Gasteiger partial charge on any atom is -0.497 e. The fourth-order valence-corrected chi connectivity index (χ4v) is 2.92. The molecule has 162 valence electrons. The third-order valence-electron chi connectivity index (χ3n) is 4.49. The summed E-state index contributed by atoms with van der Waals surface area (Å²) in [5.41, 5.74) is 12.9. The molecule has 0 aliphatic rings. The van der Waals surface area contributed by atoms with Crippen LogP contribution < -0.4 is 26.3 Å². The summed E-state index contributed by atoms with van der Waals surface area (Å²) in [6.45, 7) is 0. The van der Waals surface area contributed by atoms with Crippen molar-refractivity contribution in [1.29, 1.82) is 0 Å². The Morgan fingerprint density at radius 1 is 1.10 bits per heavy atom. The molecule has 8 nitrogen and oxygen atoms in total. The van der Waals surface area contributed by atoms with Gasteiger partial charge in [-0.05, 0) is 5.56 Å². The van der Waals surface area contributed by atoms with Crippen molar-refractivity contribution in [3.63, 3.8) is 0 Å². The molecular formula is C23H26N4O4. The Labute approximate surface area is 181 Å². The second-order valence-corrected chi connectivity index (χ2v) is 6.41. The molecule has 1 atom stereocenters. The van der Waals surface area contributed by atoms with Crippen LogP contribution >= 0.6 is 0 Å². The Kier molecular flexibility index (Phi) is 8.39. The maximum atomic E-state index is 13.4. The zero-order valence-corrected chi connectivity index (χ0v) is 17.7. The molecule has 0 saturated carbocycles. The Morgan fingerprint density at radius 2 is 1.71 bits per heavy atom. The molecule has 0 spiro atoms. The van der Waals surface area contributed by atoms with E-state index in [-0.39, 0.29) is 16.8 Å². The number of hydrogen-bond acceptors (Lipinski definition) is 8. The summed E-state index contributed by atoms with van der Waals surface area (Å²) in [7, 11) is 4.59. The van der Waals surface area contributed by atoms with E-state index < -0.39 is 11.8 Å². The summed E-state index contributed by atoms with van der Waals surface area (Å²) in [4.78, 5) is 29.0. The number of nitrogens with one attached hydrogen (secondary N) is 1. The van der Waals surface area contributed by atoms with Gasteiger partial charge in [-0.1, -0.05) is 30.3 Å². The first kappa shape index (κ1) is 23.2. The second-order valence-electron chi connectivity index (χ2n) is 6.41. The fourth-order valence-electron chi connectivity index (χ4n) is 2.92. The molecular weight excluding hydrogens is 396 g/mol. The predicted molar refractivity (Wildman–Crippen MR) is 121 cm³/mol. The van der Waals surface area contributed by atoms with Crippen molar-refractivity contribution in [3.05, 3.63) is 77.1 Å². The van der Waals surface area contributed by atoms with Crippen molar-refractivity contribution in [1.82, 2.24) is 0 Å². The van der Waals surface area contributed by atoms with Gasteiger partial charge >= 0.3 is 0 Å². The standard InChI is InChI=1S/C23H26N4O4/c1-26-13-16(12-24)20(14-28)21(25)23(29)22(15-7-5-4-6-8-15)27-17-9-18(30-2)11-19(10-17)31-3/h4-14,22,27H,24-25H2,1-3H3. The summed E-state index contributed by atoms with van der Waals surface area (Å²) in [6, 6.07) is 13.3. The highest BCUT2D eigenvalue weighted by Crippen LogP contribution is 2.30. The Morgan fingerprint density at radius 3 is 2.19 bits per heavy atom. The molecule has 0 heterocycles. The maximum absolute atomic E-state index is 13.4. The third-order valence-corrected chi connectivity index (χ3v) is 4.49. The number of carbonyl (C=O) groups is 2. The van der Waals surface area contributed by atoms with Crippen LogP contribution in [0.25, 0.3) is 0 Å². The molecule has 0 aromatic heterocycles. The number of hydrogen-bond donors (Lipinski definition) is 3. The lowest BCUT2D eigenvalue weighted by molar-refractivity contribution is -0.116. The van der Waals surface area contributed by atoms with Gasteiger partial charge in [-0.25, -0.2) is 0 Å². The average Bonchev–Trinajstić information content (AvgIpc) is 2.81. The number of nitrogens with two attached hydrogens (primary N) is 2. The number of aldehydes is 1. The number of ether oxygens (including phenoxy) is 2. The number of benzene rings is 2. The van der Waals surface area contributed by atoms with Crippen molar-refractivity contribution in [2.75, 3.05) is 26.6 Å². The number of anilines is 1. The number of methoxy groups -OCH3 is 2. The quantitative estimate of drug-likeness (QED) is 0.232. The van der Waals surface area contributed by atoms with Gasteiger partial charge in [-0.2, -0.15) is 0 Å². The van der Waals surface area contributed by atoms with E-state index in [0.29, 0.717) is 29.0 Å². The monoisotopic (exact) mass is 422 g/mol. The van der Waals surface area contributed by atoms with Crippen LogP contribution in [-0.4, -0.2) is 39.6 Å². The molecule has 0 aliphatic carbocycles. The van der Waals surface area contributed by atoms with Crippen LogP contribution in [0.5, 0.6) is 11.5 Å². The van der Waals surface area contributed by atoms with Crippen LogP contribution in [0.3, 0.4) is 0 Å². The second kappa shape index (κ2) is 11.2. The number of allylic oxidation sites excluding steroid dienone is 2. The molecule has 8 heteroatoms. The van der Waals surface area contributed by atoms with Crippen molar-refractivity contribution in [2.45, 2.75) is 6.04 Å². The van der Waals surface area contributed by atoms with E-state index in [0.717, 1.165) is 0 Å². The summed E-state index contributed by atoms with van der Waals surface area (Å²) in [5, 5.41) is 3.17. The largest absolute Gasteiger partial charge is 0.497 e. The summed E-state index contributed by atoms with van der Waals surface area (Å²) >= 11 is 0. The SMILES string of the molecule is CN=CC(=CN)C(C=O)=C(N)C(=O)C(Nc1cc(OC)cc(OC)c1)c1ccccc1. The Balaban J connectivity index is 2.56. The molecule has 0 amide bonds. The highest BCUT2D eigenvalue weighted by atomic mass is 16.5. The van der Waals surface area contributed by atoms with Crippen LogP contribution in [0.4, 0.5) is 5.69 Å². The fraction of sp³-hybridized carbons (Fsp3) is 0.174. The minimum absolute atomic E-state index is 0.0379. The van der Waals surface area contributed by atoms with E-state index in [2.05, 4.69) is 10.3 Å². The number of rotatable bonds is 10. The third kappa shape index (κ3) is 5.72. The zero-order valence-electron chi connectivity index (χ0n) is 17.7. The molecule has 2 aromatic rings. The lowest BCUT2D eigenvalue weighted by Gasteiger charge is -2.21. The van der Waals surface area contributed by atoms with Crippen LogP contribution in [0.15, 0.2) is 76.6 Å². The van der Waals surface area contributed by atoms with Crippen LogP contribution in [0.1, 0.15) is 11.6 Å². The lowest BCUT2D eigenvalue weighted by atomic mass is 9.96. The van der Waals surface area contributed by atoms with Gasteiger partial charge in [0.15, 0.2) is 6.29 Å². The molecule has 1 unspecified atom stereocenters. The molecule has 0 bridgehead atoms. The van der Waals surface area contributed by atoms with Gasteiger partial charge in [0.25, 0.3) is 0 Å². The maximum Gasteiger partial charge on any atom is 0.205 e. The highest BCUT2D eigenvalue weighted by molar-refractivity contribution is 6.09. The van der Waals surface area contributed by atoms with E-state index in [9.17, 15) is 9.59 Å². The van der Waals surface area contributed by atoms with E-state index >= 15 is 0 Å². The van der Waals surface area contributed by atoms with Gasteiger partial charge in [0, 0.05) is 48.9 Å². The first-order valence-electron chi connectivity index (χ1n) is 9.37. The van der Waals surface area contributed by atoms with Gasteiger partial charge in [-0.15, -0.1) is 0 Å². The number of carbonyl (C=O) groups excluding carboxylic acids is 2. The normalized spacial score (nSPS) is 13.3. The summed E-state index contributed by atoms with van der Waals surface area (Å²) < 4.78 is 10.6. The van der Waals surface area contributed by atoms with E-state index in [1.54, 1.807) is 42.5 Å². The van der Waals surface area contributed by atoms with E-state index in [1.807, 2.05) is 6.07 Å². The average molecular weight is 422 g/mol. The van der Waals surface area contributed by atoms with Gasteiger partial charge in [0.2, 0.25) is 5.78 Å². The van der Waals surface area contributed by atoms with Crippen molar-refractivity contribution >= 4 is 24.0 Å². The Bertz CT molecular complexity index is 991. The molecule has 5 N–H and O–H groups in total. The molecule has 0 aliphatic heterocycles. The first-order valence-corrected chi connectivity index (χ1v) is 9.37. The molecule has 0 fully saturated rings. The van der Waals surface area contributed by atoms with Gasteiger partial charge in [-0.3, -0.25) is 14.6 Å². The van der Waals surface area contributed by atoms with Crippen molar-refractivity contribution in [3.8, 4) is 11.5 Å². The smallest absolute Gasteiger partial charge is 0.205 e. The van der Waals surface area contributed by atoms with Crippen LogP contribution in [0, 0.1) is 0 Å². The van der Waals surface area contributed by atoms with Crippen molar-refractivity contribution in [2.24, 2.45) is 16.5 Å². The highest BCUT2D eigenvalue weighted by Gasteiger charge is 2.26. The van der Waals surface area contributed by atoms with Gasteiger partial charge in [0.1, 0.15) is 17.5 Å². The molecule has 0 saturated heterocycles.